The molecule has 105 heavy (non-hydrogen) atoms. The number of nitrogens with zero attached hydrogens (tertiary/aromatic N) is 13. The minimum atomic E-state index is -0.390. The highest BCUT2D eigenvalue weighted by molar-refractivity contribution is 6.36. The van der Waals surface area contributed by atoms with E-state index in [9.17, 15) is 49.2 Å². The molecule has 0 radical (unpaired) electrons. The first-order valence-electron chi connectivity index (χ1n) is 32.4. The fourth-order valence-electron chi connectivity index (χ4n) is 15.5. The first kappa shape index (κ1) is 58.2. The molecule has 0 spiro atoms. The highest BCUT2D eigenvalue weighted by atomic mass is 16.3. The molecule has 18 aromatic heterocycles. The highest BCUT2D eigenvalue weighted by Gasteiger charge is 2.35. The molecule has 0 bridgehead atoms. The molecule has 500 valence electrons. The fraction of sp³-hybridized carbons (Fsp3) is 0. The SMILES string of the molecule is O=C1NC(=O)c2c1c1nc[nH]c1c1[nH]c3ccccc3c21.O=c1[nH]c(O)c2c1c1c3ccccc3nc1c1cncn12.O=c1[nH]c(O)c2c1c1c3ccccc3nc1c1nccn12.O=c1[nH]c(O)c2c1c1c3ccccc3nc1n1ccnc21.O=c1[nH]c(O)c2c1c1c3ccccc3nc1n1cncc21. The van der Waals surface area contributed by atoms with Gasteiger partial charge in [0.1, 0.15) is 39.7 Å². The van der Waals surface area contributed by atoms with Gasteiger partial charge in [-0.3, -0.25) is 71.6 Å². The number of carbonyl (C=O) groups excluding carboxylic acids is 2. The van der Waals surface area contributed by atoms with Gasteiger partial charge >= 0.3 is 0 Å². The predicted octanol–water partition coefficient (Wildman–Crippen LogP) is 10.2. The number of imide groups is 1. The Bertz CT molecular complexity index is 7420. The number of H-pyrrole nitrogens is 6. The van der Waals surface area contributed by atoms with Gasteiger partial charge in [-0.1, -0.05) is 91.0 Å². The van der Waals surface area contributed by atoms with Crippen molar-refractivity contribution in [2.45, 2.75) is 0 Å². The van der Waals surface area contributed by atoms with E-state index >= 15 is 0 Å². The van der Waals surface area contributed by atoms with Crippen molar-refractivity contribution in [1.82, 2.24) is 97.7 Å². The van der Waals surface area contributed by atoms with Crippen LogP contribution in [0.2, 0.25) is 0 Å². The van der Waals surface area contributed by atoms with Gasteiger partial charge in [-0.05, 0) is 30.3 Å². The zero-order valence-electron chi connectivity index (χ0n) is 53.3. The lowest BCUT2D eigenvalue weighted by Crippen LogP contribution is -2.20. The number of hydrogen-bond acceptors (Lipinski definition) is 19. The van der Waals surface area contributed by atoms with E-state index in [0.29, 0.717) is 93.6 Å². The van der Waals surface area contributed by atoms with E-state index in [-0.39, 0.29) is 57.6 Å². The zero-order chi connectivity index (χ0) is 70.7. The number of imidazole rings is 5. The maximum Gasteiger partial charge on any atom is 0.261 e. The lowest BCUT2D eigenvalue weighted by Gasteiger charge is -2.00. The minimum absolute atomic E-state index is 0.132. The number of fused-ring (bicyclic) bond motifs is 40. The van der Waals surface area contributed by atoms with Gasteiger partial charge in [-0.15, -0.1) is 0 Å². The summed E-state index contributed by atoms with van der Waals surface area (Å²) in [5.74, 6) is -1.34. The Morgan fingerprint density at radius 3 is 1.47 bits per heavy atom. The quantitative estimate of drug-likeness (QED) is 0.0628. The standard InChI is InChI=1S/5C15H8N4O2/c20-14-11-10-7-3-1-2-4-8(7)17-12(10)9-5-16-6-19(9)13(11)15(21)18-14;20-14-11-9-5-16-6-19(9)13-10(12(11)15(21)18-14)7-3-1-2-4-8(7)17-13;20-14-10-9-7-3-1-2-4-8(7)17-13(9)19-6-5-16-12(19)11(10)15(21)18-14;20-14-10-9-7-3-1-2-4-8(7)17-11(9)13-16-5-6-19(13)12(10)15(21)18-14;20-14-9-8-6-3-1-2-4-7(6)18-12(8)13-11(16-5-17-13)10(9)15(21)19-14/h1-6,21H,(H,18,20);1-6,20H,(H,18,21);2*1-6,21H,(H,18,20);1-5,18H,(H,16,17)(H,19,20,21). The second-order valence-electron chi connectivity index (χ2n) is 25.1. The van der Waals surface area contributed by atoms with Gasteiger partial charge in [-0.2, -0.15) is 0 Å². The summed E-state index contributed by atoms with van der Waals surface area (Å²) < 4.78 is 6.98. The molecule has 2 amide bonds. The van der Waals surface area contributed by atoms with Gasteiger partial charge < -0.3 is 30.4 Å². The Balaban J connectivity index is 0.0000000846. The van der Waals surface area contributed by atoms with Gasteiger partial charge in [0.2, 0.25) is 23.5 Å². The van der Waals surface area contributed by atoms with Crippen LogP contribution in [0.15, 0.2) is 197 Å². The van der Waals surface area contributed by atoms with Crippen molar-refractivity contribution in [3.63, 3.8) is 0 Å². The van der Waals surface area contributed by atoms with Crippen molar-refractivity contribution in [3.8, 4) is 23.5 Å². The summed E-state index contributed by atoms with van der Waals surface area (Å²) in [7, 11) is 0. The van der Waals surface area contributed by atoms with E-state index < -0.39 is 0 Å². The molecule has 25 rings (SSSR count). The van der Waals surface area contributed by atoms with Crippen LogP contribution in [-0.4, -0.2) is 125 Å². The summed E-state index contributed by atoms with van der Waals surface area (Å²) in [5.41, 5.74) is 11.9. The molecule has 1 aliphatic rings. The Labute approximate surface area is 576 Å². The van der Waals surface area contributed by atoms with Crippen molar-refractivity contribution < 1.29 is 30.0 Å². The normalized spacial score (nSPS) is 12.6. The number of pyridine rings is 4. The molecule has 0 atom stereocenters. The van der Waals surface area contributed by atoms with Gasteiger partial charge in [-0.25, -0.2) is 44.9 Å². The number of nitrogens with one attached hydrogen (secondary N) is 7. The molecule has 0 aliphatic carbocycles. The number of aromatic nitrogens is 19. The average molecular weight is 1380 g/mol. The van der Waals surface area contributed by atoms with Crippen LogP contribution in [0, 0.1) is 0 Å². The van der Waals surface area contributed by atoms with Crippen molar-refractivity contribution in [3.05, 3.63) is 230 Å². The Hall–Kier alpha value is -15.8. The fourth-order valence-corrected chi connectivity index (χ4v) is 15.5. The number of aromatic hydroxyl groups is 4. The molecule has 19 heterocycles. The zero-order valence-corrected chi connectivity index (χ0v) is 53.3. The number of rotatable bonds is 0. The van der Waals surface area contributed by atoms with E-state index in [1.165, 1.54) is 6.33 Å². The average Bonchev–Trinajstić information content (AvgIpc) is 1.59. The van der Waals surface area contributed by atoms with E-state index in [2.05, 4.69) is 80.1 Å². The molecule has 30 nitrogen and oxygen atoms in total. The smallest absolute Gasteiger partial charge is 0.261 e. The topological polar surface area (TPSA) is 424 Å². The maximum atomic E-state index is 12.2. The predicted molar refractivity (Wildman–Crippen MR) is 393 cm³/mol. The third-order valence-corrected chi connectivity index (χ3v) is 19.7. The van der Waals surface area contributed by atoms with Gasteiger partial charge in [0.15, 0.2) is 11.3 Å². The summed E-state index contributed by atoms with van der Waals surface area (Å²) in [6.45, 7) is 0. The number of benzene rings is 6. The van der Waals surface area contributed by atoms with Crippen molar-refractivity contribution in [2.24, 2.45) is 0 Å². The third kappa shape index (κ3) is 7.85. The summed E-state index contributed by atoms with van der Waals surface area (Å²) in [5, 5.41) is 53.5. The lowest BCUT2D eigenvalue weighted by molar-refractivity contribution is 0.0880. The van der Waals surface area contributed by atoms with Crippen LogP contribution in [0.5, 0.6) is 23.5 Å². The Morgan fingerprint density at radius 1 is 0.343 bits per heavy atom. The molecule has 6 aromatic carbocycles. The Morgan fingerprint density at radius 2 is 0.819 bits per heavy atom. The molecule has 0 saturated carbocycles. The van der Waals surface area contributed by atoms with Crippen LogP contribution in [0.3, 0.4) is 0 Å². The monoisotopic (exact) mass is 1380 g/mol. The lowest BCUT2D eigenvalue weighted by atomic mass is 10.0. The number of hydrogen-bond donors (Lipinski definition) is 11. The highest BCUT2D eigenvalue weighted by Crippen LogP contribution is 2.42. The number of aromatic amines is 6. The van der Waals surface area contributed by atoms with E-state index in [1.807, 2.05) is 121 Å². The number of carbonyl (C=O) groups is 2. The van der Waals surface area contributed by atoms with Crippen molar-refractivity contribution in [2.75, 3.05) is 0 Å². The molecule has 24 aromatic rings. The van der Waals surface area contributed by atoms with Crippen molar-refractivity contribution in [1.29, 1.82) is 0 Å². The summed E-state index contributed by atoms with van der Waals surface area (Å²) in [4.78, 5) is 129. The van der Waals surface area contributed by atoms with E-state index in [0.717, 1.165) is 104 Å². The largest absolute Gasteiger partial charge is 0.494 e. The molecule has 0 saturated heterocycles. The Kier molecular flexibility index (Phi) is 11.6. The summed E-state index contributed by atoms with van der Waals surface area (Å²) in [6.07, 6.45) is 14.8. The molecule has 30 heteroatoms. The summed E-state index contributed by atoms with van der Waals surface area (Å²) >= 11 is 0. The second kappa shape index (κ2) is 20.9. The molecular formula is C75H40N20O10. The van der Waals surface area contributed by atoms with E-state index in [4.69, 9.17) is 0 Å². The van der Waals surface area contributed by atoms with Crippen LogP contribution in [0.4, 0.5) is 0 Å². The number of para-hydroxylation sites is 5. The first-order chi connectivity index (χ1) is 51.3. The second-order valence-corrected chi connectivity index (χ2v) is 25.1. The third-order valence-electron chi connectivity index (χ3n) is 19.7. The van der Waals surface area contributed by atoms with Crippen LogP contribution < -0.4 is 27.6 Å². The molecule has 0 fully saturated rings. The molecule has 0 unspecified atom stereocenters. The van der Waals surface area contributed by atoms with E-state index in [1.54, 1.807) is 67.4 Å². The maximum absolute atomic E-state index is 12.2. The van der Waals surface area contributed by atoms with Crippen LogP contribution in [0.1, 0.15) is 20.7 Å². The van der Waals surface area contributed by atoms with Crippen LogP contribution in [0.25, 0.3) is 186 Å². The van der Waals surface area contributed by atoms with Crippen molar-refractivity contribution >= 4 is 198 Å². The molecule has 11 N–H and O–H groups in total. The summed E-state index contributed by atoms with van der Waals surface area (Å²) in [6, 6.07) is 38.3. The van der Waals surface area contributed by atoms with Crippen LogP contribution >= 0.6 is 0 Å². The minimum Gasteiger partial charge on any atom is -0.494 e. The number of amides is 2. The van der Waals surface area contributed by atoms with Gasteiger partial charge in [0.25, 0.3) is 34.1 Å². The van der Waals surface area contributed by atoms with Gasteiger partial charge in [0, 0.05) is 84.2 Å². The molecule has 1 aliphatic heterocycles. The first-order valence-corrected chi connectivity index (χ1v) is 32.4. The molecular weight excluding hydrogens is 1340 g/mol. The van der Waals surface area contributed by atoms with Crippen LogP contribution in [-0.2, 0) is 0 Å². The van der Waals surface area contributed by atoms with Gasteiger partial charge in [0.05, 0.1) is 118 Å².